The summed E-state index contributed by atoms with van der Waals surface area (Å²) in [6.45, 7) is 1.99. The van der Waals surface area contributed by atoms with Gasteiger partial charge in [-0.2, -0.15) is 0 Å². The van der Waals surface area contributed by atoms with Crippen LogP contribution in [0.1, 0.15) is 18.7 Å². The molecule has 31 heavy (non-hydrogen) atoms. The van der Waals surface area contributed by atoms with Crippen molar-refractivity contribution in [3.05, 3.63) is 100 Å². The van der Waals surface area contributed by atoms with Crippen LogP contribution in [-0.4, -0.2) is 19.5 Å². The van der Waals surface area contributed by atoms with Crippen molar-refractivity contribution in [2.45, 2.75) is 13.0 Å². The second-order valence-electron chi connectivity index (χ2n) is 7.21. The van der Waals surface area contributed by atoms with Crippen molar-refractivity contribution in [3.8, 4) is 5.69 Å². The van der Waals surface area contributed by atoms with Gasteiger partial charge in [0, 0.05) is 17.6 Å². The molecule has 1 atom stereocenters. The molecule has 7 heteroatoms. The molecule has 5 rings (SSSR count). The monoisotopic (exact) mass is 427 g/mol. The third-order valence-electron chi connectivity index (χ3n) is 5.23. The van der Waals surface area contributed by atoms with Crippen molar-refractivity contribution < 1.29 is 0 Å². The zero-order valence-electron chi connectivity index (χ0n) is 16.7. The lowest BCUT2D eigenvalue weighted by Gasteiger charge is -2.22. The summed E-state index contributed by atoms with van der Waals surface area (Å²) in [6, 6.07) is 20.5. The summed E-state index contributed by atoms with van der Waals surface area (Å²) in [5.41, 5.74) is 2.81. The fourth-order valence-corrected chi connectivity index (χ4v) is 4.04. The summed E-state index contributed by atoms with van der Waals surface area (Å²) in [5, 5.41) is 5.14. The maximum atomic E-state index is 13.6. The van der Waals surface area contributed by atoms with Gasteiger partial charge >= 0.3 is 0 Å². The Kier molecular flexibility index (Phi) is 4.84. The van der Waals surface area contributed by atoms with E-state index < -0.39 is 0 Å². The number of hydrogen-bond donors (Lipinski definition) is 1. The molecule has 0 spiro atoms. The van der Waals surface area contributed by atoms with Crippen molar-refractivity contribution in [1.82, 2.24) is 19.5 Å². The molecule has 6 nitrogen and oxygen atoms in total. The van der Waals surface area contributed by atoms with E-state index >= 15 is 0 Å². The molecule has 0 aliphatic rings. The minimum Gasteiger partial charge on any atom is -0.360 e. The lowest BCUT2D eigenvalue weighted by atomic mass is 10.1. The Morgan fingerprint density at radius 2 is 1.81 bits per heavy atom. The van der Waals surface area contributed by atoms with Crippen molar-refractivity contribution in [1.29, 1.82) is 0 Å². The van der Waals surface area contributed by atoms with Gasteiger partial charge in [-0.1, -0.05) is 41.9 Å². The smallest absolute Gasteiger partial charge is 0.264 e. The van der Waals surface area contributed by atoms with Gasteiger partial charge in [0.25, 0.3) is 5.56 Å². The molecule has 0 amide bonds. The van der Waals surface area contributed by atoms with E-state index in [1.807, 2.05) is 67.6 Å². The molecule has 0 saturated carbocycles. The standard InChI is InChI=1S/C24H18ClN5O/c1-15(29-23-22-19(27-14-28-23)11-6-12-26-22)20-13-16-7-5-10-18(25)21(16)24(31)30(20)17-8-3-2-4-9-17/h2-15H,1H3,(H,27,28,29). The van der Waals surface area contributed by atoms with Crippen LogP contribution >= 0.6 is 11.6 Å². The highest BCUT2D eigenvalue weighted by atomic mass is 35.5. The average molecular weight is 428 g/mol. The zero-order chi connectivity index (χ0) is 21.4. The minimum atomic E-state index is -0.253. The summed E-state index contributed by atoms with van der Waals surface area (Å²) in [7, 11) is 0. The maximum Gasteiger partial charge on any atom is 0.264 e. The van der Waals surface area contributed by atoms with E-state index in [2.05, 4.69) is 20.3 Å². The number of aromatic nitrogens is 4. The van der Waals surface area contributed by atoms with E-state index in [1.165, 1.54) is 6.33 Å². The van der Waals surface area contributed by atoms with E-state index in [0.29, 0.717) is 21.7 Å². The number of hydrogen-bond acceptors (Lipinski definition) is 5. The molecule has 2 aromatic carbocycles. The topological polar surface area (TPSA) is 72.7 Å². The van der Waals surface area contributed by atoms with Crippen LogP contribution in [0, 0.1) is 0 Å². The molecule has 3 heterocycles. The van der Waals surface area contributed by atoms with Crippen molar-refractivity contribution in [3.63, 3.8) is 0 Å². The molecular weight excluding hydrogens is 410 g/mol. The molecule has 5 aromatic rings. The summed E-state index contributed by atoms with van der Waals surface area (Å²) >= 11 is 6.39. The molecule has 0 radical (unpaired) electrons. The normalized spacial score (nSPS) is 12.2. The Morgan fingerprint density at radius 1 is 0.968 bits per heavy atom. The molecule has 0 aliphatic heterocycles. The average Bonchev–Trinajstić information content (AvgIpc) is 2.79. The van der Waals surface area contributed by atoms with Crippen LogP contribution in [0.5, 0.6) is 0 Å². The predicted octanol–water partition coefficient (Wildman–Crippen LogP) is 5.16. The summed E-state index contributed by atoms with van der Waals surface area (Å²) in [6.07, 6.45) is 3.21. The van der Waals surface area contributed by atoms with E-state index in [0.717, 1.165) is 22.3 Å². The molecule has 0 bridgehead atoms. The van der Waals surface area contributed by atoms with Gasteiger partial charge in [0.15, 0.2) is 5.82 Å². The first-order chi connectivity index (χ1) is 15.1. The van der Waals surface area contributed by atoms with E-state index in [1.54, 1.807) is 16.8 Å². The Balaban J connectivity index is 1.71. The van der Waals surface area contributed by atoms with Crippen LogP contribution in [0.25, 0.3) is 27.5 Å². The van der Waals surface area contributed by atoms with Gasteiger partial charge in [-0.3, -0.25) is 14.3 Å². The largest absolute Gasteiger partial charge is 0.360 e. The van der Waals surface area contributed by atoms with Gasteiger partial charge in [-0.05, 0) is 48.7 Å². The molecule has 0 aliphatic carbocycles. The minimum absolute atomic E-state index is 0.163. The third-order valence-corrected chi connectivity index (χ3v) is 5.54. The fourth-order valence-electron chi connectivity index (χ4n) is 3.78. The summed E-state index contributed by atoms with van der Waals surface area (Å²) in [4.78, 5) is 26.6. The summed E-state index contributed by atoms with van der Waals surface area (Å²) in [5.74, 6) is 0.608. The number of pyridine rings is 2. The lowest BCUT2D eigenvalue weighted by Crippen LogP contribution is -2.26. The molecule has 152 valence electrons. The Bertz CT molecular complexity index is 1460. The second kappa shape index (κ2) is 7.81. The Hall–Kier alpha value is -3.77. The predicted molar refractivity (Wildman–Crippen MR) is 124 cm³/mol. The van der Waals surface area contributed by atoms with Crippen LogP contribution in [0.15, 0.2) is 84.0 Å². The highest BCUT2D eigenvalue weighted by molar-refractivity contribution is 6.35. The van der Waals surface area contributed by atoms with Crippen LogP contribution < -0.4 is 10.9 Å². The number of nitrogens with zero attached hydrogens (tertiary/aromatic N) is 4. The molecular formula is C24H18ClN5O. The van der Waals surface area contributed by atoms with Gasteiger partial charge < -0.3 is 5.32 Å². The van der Waals surface area contributed by atoms with Crippen LogP contribution in [-0.2, 0) is 0 Å². The Morgan fingerprint density at radius 3 is 2.65 bits per heavy atom. The van der Waals surface area contributed by atoms with Crippen LogP contribution in [0.4, 0.5) is 5.82 Å². The van der Waals surface area contributed by atoms with E-state index in [4.69, 9.17) is 11.6 Å². The number of benzene rings is 2. The second-order valence-corrected chi connectivity index (χ2v) is 7.62. The van der Waals surface area contributed by atoms with E-state index in [-0.39, 0.29) is 11.6 Å². The third kappa shape index (κ3) is 3.41. The fraction of sp³-hybridized carbons (Fsp3) is 0.0833. The van der Waals surface area contributed by atoms with Gasteiger partial charge in [-0.25, -0.2) is 9.97 Å². The van der Waals surface area contributed by atoms with E-state index in [9.17, 15) is 4.79 Å². The highest BCUT2D eigenvalue weighted by Gasteiger charge is 2.19. The first kappa shape index (κ1) is 19.2. The maximum absolute atomic E-state index is 13.6. The first-order valence-electron chi connectivity index (χ1n) is 9.85. The highest BCUT2D eigenvalue weighted by Crippen LogP contribution is 2.28. The molecule has 0 saturated heterocycles. The number of nitrogens with one attached hydrogen (secondary N) is 1. The van der Waals surface area contributed by atoms with Crippen LogP contribution in [0.3, 0.4) is 0 Å². The van der Waals surface area contributed by atoms with Crippen molar-refractivity contribution >= 4 is 39.2 Å². The van der Waals surface area contributed by atoms with Crippen molar-refractivity contribution in [2.24, 2.45) is 0 Å². The number of halogens is 1. The quantitative estimate of drug-likeness (QED) is 0.429. The molecule has 3 aromatic heterocycles. The molecule has 1 unspecified atom stereocenters. The van der Waals surface area contributed by atoms with Gasteiger partial charge in [0.2, 0.25) is 0 Å². The zero-order valence-corrected chi connectivity index (χ0v) is 17.4. The molecule has 1 N–H and O–H groups in total. The lowest BCUT2D eigenvalue weighted by molar-refractivity contribution is 0.774. The number of para-hydroxylation sites is 1. The first-order valence-corrected chi connectivity index (χ1v) is 10.2. The van der Waals surface area contributed by atoms with Gasteiger partial charge in [-0.15, -0.1) is 0 Å². The Labute approximate surface area is 183 Å². The van der Waals surface area contributed by atoms with Gasteiger partial charge in [0.1, 0.15) is 11.8 Å². The number of rotatable bonds is 4. The number of fused-ring (bicyclic) bond motifs is 2. The summed E-state index contributed by atoms with van der Waals surface area (Å²) < 4.78 is 1.70. The van der Waals surface area contributed by atoms with Gasteiger partial charge in [0.05, 0.1) is 22.0 Å². The number of anilines is 1. The van der Waals surface area contributed by atoms with Crippen LogP contribution in [0.2, 0.25) is 5.02 Å². The SMILES string of the molecule is CC(Nc1ncnc2cccnc12)c1cc2cccc(Cl)c2c(=O)n1-c1ccccc1. The molecule has 0 fully saturated rings. The van der Waals surface area contributed by atoms with Crippen molar-refractivity contribution in [2.75, 3.05) is 5.32 Å².